The van der Waals surface area contributed by atoms with Gasteiger partial charge < -0.3 is 10.0 Å². The average molecular weight is 287 g/mol. The second kappa shape index (κ2) is 4.70. The fraction of sp³-hybridized carbons (Fsp3) is 0.667. The molecule has 1 saturated carbocycles. The minimum absolute atomic E-state index is 0.127. The first kappa shape index (κ1) is 12.2. The van der Waals surface area contributed by atoms with Gasteiger partial charge in [-0.05, 0) is 25.2 Å². The molecule has 0 bridgehead atoms. The molecule has 0 spiro atoms. The van der Waals surface area contributed by atoms with E-state index in [1.807, 2.05) is 0 Å². The summed E-state index contributed by atoms with van der Waals surface area (Å²) >= 11 is 7.09. The highest BCUT2D eigenvalue weighted by atomic mass is 35.5. The molecule has 2 heterocycles. The molecular formula is C12H15ClN2O2S. The van der Waals surface area contributed by atoms with Crippen molar-refractivity contribution in [3.8, 4) is 0 Å². The molecule has 4 nitrogen and oxygen atoms in total. The van der Waals surface area contributed by atoms with Crippen LogP contribution in [0.25, 0.3) is 0 Å². The van der Waals surface area contributed by atoms with Gasteiger partial charge in [0.2, 0.25) is 0 Å². The van der Waals surface area contributed by atoms with E-state index in [-0.39, 0.29) is 10.0 Å². The van der Waals surface area contributed by atoms with Crippen molar-refractivity contribution >= 4 is 34.0 Å². The first-order chi connectivity index (χ1) is 8.66. The smallest absolute Gasteiger partial charge is 0.349 e. The highest BCUT2D eigenvalue weighted by molar-refractivity contribution is 7.18. The third-order valence-electron chi connectivity index (χ3n) is 4.02. The lowest BCUT2D eigenvalue weighted by molar-refractivity contribution is 0.0702. The number of rotatable bonds is 2. The number of nitrogens with zero attached hydrogens (tertiary/aromatic N) is 2. The molecule has 3 rings (SSSR count). The molecule has 6 heteroatoms. The Bertz CT molecular complexity index is 477. The number of carboxylic acid groups (broad SMARTS) is 1. The van der Waals surface area contributed by atoms with Crippen LogP contribution in [0.1, 0.15) is 41.8 Å². The number of aromatic carboxylic acids is 1. The number of anilines is 1. The summed E-state index contributed by atoms with van der Waals surface area (Å²) in [4.78, 5) is 17.7. The van der Waals surface area contributed by atoms with Crippen molar-refractivity contribution in [3.63, 3.8) is 0 Å². The van der Waals surface area contributed by atoms with E-state index < -0.39 is 5.97 Å². The monoisotopic (exact) mass is 286 g/mol. The van der Waals surface area contributed by atoms with Gasteiger partial charge >= 0.3 is 5.97 Å². The number of carboxylic acids is 1. The summed E-state index contributed by atoms with van der Waals surface area (Å²) < 4.78 is 0. The van der Waals surface area contributed by atoms with E-state index in [9.17, 15) is 4.79 Å². The molecule has 98 valence electrons. The van der Waals surface area contributed by atoms with Crippen LogP contribution >= 0.6 is 22.9 Å². The summed E-state index contributed by atoms with van der Waals surface area (Å²) in [5, 5.41) is 9.93. The molecule has 2 fully saturated rings. The largest absolute Gasteiger partial charge is 0.477 e. The number of halogens is 1. The second-order valence-corrected chi connectivity index (χ2v) is 6.35. The first-order valence-corrected chi connectivity index (χ1v) is 7.52. The summed E-state index contributed by atoms with van der Waals surface area (Å²) in [6.07, 6.45) is 6.29. The van der Waals surface area contributed by atoms with Crippen molar-refractivity contribution in [3.05, 3.63) is 10.0 Å². The van der Waals surface area contributed by atoms with Gasteiger partial charge in [0.15, 0.2) is 15.2 Å². The van der Waals surface area contributed by atoms with Crippen LogP contribution < -0.4 is 4.90 Å². The molecule has 18 heavy (non-hydrogen) atoms. The normalized spacial score (nSPS) is 27.3. The van der Waals surface area contributed by atoms with Crippen LogP contribution in [0.3, 0.4) is 0 Å². The molecule has 2 aliphatic rings. The number of hydrogen-bond donors (Lipinski definition) is 1. The van der Waals surface area contributed by atoms with E-state index in [2.05, 4.69) is 9.88 Å². The summed E-state index contributed by atoms with van der Waals surface area (Å²) in [5.41, 5.74) is 0. The van der Waals surface area contributed by atoms with E-state index in [4.69, 9.17) is 16.7 Å². The SMILES string of the molecule is O=C(O)c1sc(N2CCC3CCCCC32)nc1Cl. The lowest BCUT2D eigenvalue weighted by atomic mass is 9.85. The zero-order valence-corrected chi connectivity index (χ0v) is 11.5. The molecular weight excluding hydrogens is 272 g/mol. The average Bonchev–Trinajstić information content (AvgIpc) is 2.92. The van der Waals surface area contributed by atoms with Gasteiger partial charge in [0.25, 0.3) is 0 Å². The Morgan fingerprint density at radius 3 is 2.89 bits per heavy atom. The predicted octanol–water partition coefficient (Wildman–Crippen LogP) is 3.26. The van der Waals surface area contributed by atoms with E-state index >= 15 is 0 Å². The summed E-state index contributed by atoms with van der Waals surface area (Å²) in [6, 6.07) is 0.544. The Kier molecular flexibility index (Phi) is 3.20. The maximum atomic E-state index is 11.0. The van der Waals surface area contributed by atoms with Crippen LogP contribution in [0.4, 0.5) is 5.13 Å². The van der Waals surface area contributed by atoms with Gasteiger partial charge in [0.1, 0.15) is 0 Å². The highest BCUT2D eigenvalue weighted by Crippen LogP contribution is 2.41. The topological polar surface area (TPSA) is 53.4 Å². The van der Waals surface area contributed by atoms with Crippen molar-refractivity contribution in [1.29, 1.82) is 0 Å². The predicted molar refractivity (Wildman–Crippen MR) is 71.8 cm³/mol. The van der Waals surface area contributed by atoms with Gasteiger partial charge in [-0.15, -0.1) is 0 Å². The Hall–Kier alpha value is -0.810. The minimum atomic E-state index is -0.983. The minimum Gasteiger partial charge on any atom is -0.477 e. The summed E-state index contributed by atoms with van der Waals surface area (Å²) in [5.74, 6) is -0.224. The van der Waals surface area contributed by atoms with E-state index in [0.717, 1.165) is 17.6 Å². The standard InChI is InChI=1S/C12H15ClN2O2S/c13-10-9(11(16)17)18-12(14-10)15-6-5-7-3-1-2-4-8(7)15/h7-8H,1-6H2,(H,16,17). The Labute approximate surface area is 115 Å². The van der Waals surface area contributed by atoms with Gasteiger partial charge in [-0.1, -0.05) is 35.8 Å². The molecule has 2 unspecified atom stereocenters. The van der Waals surface area contributed by atoms with Crippen LogP contribution in [0.2, 0.25) is 5.15 Å². The maximum Gasteiger partial charge on any atom is 0.349 e. The lowest BCUT2D eigenvalue weighted by Gasteiger charge is -2.31. The van der Waals surface area contributed by atoms with Gasteiger partial charge in [-0.3, -0.25) is 0 Å². The molecule has 1 aromatic rings. The molecule has 1 aliphatic heterocycles. The van der Waals surface area contributed by atoms with Crippen molar-refractivity contribution in [2.45, 2.75) is 38.1 Å². The second-order valence-electron chi connectivity index (χ2n) is 5.02. The van der Waals surface area contributed by atoms with Gasteiger partial charge in [-0.2, -0.15) is 0 Å². The van der Waals surface area contributed by atoms with Crippen LogP contribution in [0.5, 0.6) is 0 Å². The Balaban J connectivity index is 1.86. The molecule has 1 aliphatic carbocycles. The zero-order chi connectivity index (χ0) is 12.7. The molecule has 1 aromatic heterocycles. The van der Waals surface area contributed by atoms with Crippen molar-refractivity contribution in [1.82, 2.24) is 4.98 Å². The summed E-state index contributed by atoms with van der Waals surface area (Å²) in [6.45, 7) is 0.984. The van der Waals surface area contributed by atoms with Crippen molar-refractivity contribution < 1.29 is 9.90 Å². The fourth-order valence-corrected chi connectivity index (χ4v) is 4.40. The summed E-state index contributed by atoms with van der Waals surface area (Å²) in [7, 11) is 0. The van der Waals surface area contributed by atoms with Gasteiger partial charge in [0.05, 0.1) is 0 Å². The van der Waals surface area contributed by atoms with Crippen LogP contribution in [0.15, 0.2) is 0 Å². The van der Waals surface area contributed by atoms with Crippen LogP contribution in [-0.2, 0) is 0 Å². The Morgan fingerprint density at radius 2 is 2.17 bits per heavy atom. The zero-order valence-electron chi connectivity index (χ0n) is 9.93. The molecule has 0 aromatic carbocycles. The molecule has 2 atom stereocenters. The number of aromatic nitrogens is 1. The first-order valence-electron chi connectivity index (χ1n) is 6.33. The van der Waals surface area contributed by atoms with Crippen LogP contribution in [0, 0.1) is 5.92 Å². The lowest BCUT2D eigenvalue weighted by Crippen LogP contribution is -2.34. The van der Waals surface area contributed by atoms with Crippen LogP contribution in [-0.4, -0.2) is 28.6 Å². The third-order valence-corrected chi connectivity index (χ3v) is 5.49. The number of fused-ring (bicyclic) bond motifs is 1. The van der Waals surface area contributed by atoms with Gasteiger partial charge in [0, 0.05) is 12.6 Å². The van der Waals surface area contributed by atoms with E-state index in [1.165, 1.54) is 43.4 Å². The van der Waals surface area contributed by atoms with Crippen molar-refractivity contribution in [2.24, 2.45) is 5.92 Å². The van der Waals surface area contributed by atoms with Crippen molar-refractivity contribution in [2.75, 3.05) is 11.4 Å². The molecule has 1 saturated heterocycles. The third kappa shape index (κ3) is 1.99. The number of thiazole rings is 1. The molecule has 0 amide bonds. The highest BCUT2D eigenvalue weighted by Gasteiger charge is 2.37. The fourth-order valence-electron chi connectivity index (χ4n) is 3.19. The maximum absolute atomic E-state index is 11.0. The molecule has 0 radical (unpaired) electrons. The van der Waals surface area contributed by atoms with Gasteiger partial charge in [-0.25, -0.2) is 9.78 Å². The number of hydrogen-bond acceptors (Lipinski definition) is 4. The molecule has 1 N–H and O–H groups in total. The quantitative estimate of drug-likeness (QED) is 0.907. The Morgan fingerprint density at radius 1 is 1.39 bits per heavy atom. The van der Waals surface area contributed by atoms with E-state index in [0.29, 0.717) is 6.04 Å². The van der Waals surface area contributed by atoms with E-state index in [1.54, 1.807) is 0 Å². The number of carbonyl (C=O) groups is 1.